The van der Waals surface area contributed by atoms with Gasteiger partial charge in [-0.2, -0.15) is 0 Å². The van der Waals surface area contributed by atoms with Crippen LogP contribution in [0.4, 0.5) is 0 Å². The zero-order valence-electron chi connectivity index (χ0n) is 21.3. The van der Waals surface area contributed by atoms with Crippen LogP contribution in [0.3, 0.4) is 0 Å². The Morgan fingerprint density at radius 2 is 0.500 bits per heavy atom. The van der Waals surface area contributed by atoms with Crippen molar-refractivity contribution < 1.29 is 0 Å². The molecular formula is C36H20N4. The molecule has 4 aromatic carbocycles. The van der Waals surface area contributed by atoms with Gasteiger partial charge in [-0.15, -0.1) is 0 Å². The highest BCUT2D eigenvalue weighted by Gasteiger charge is 2.09. The molecule has 0 amide bonds. The number of nitrogens with zero attached hydrogens (tertiary/aromatic N) is 4. The van der Waals surface area contributed by atoms with Gasteiger partial charge in [-0.05, 0) is 24.3 Å². The summed E-state index contributed by atoms with van der Waals surface area (Å²) in [6.07, 6.45) is 0. The van der Waals surface area contributed by atoms with E-state index in [0.717, 1.165) is 87.2 Å². The minimum atomic E-state index is 0.843. The summed E-state index contributed by atoms with van der Waals surface area (Å²) in [6, 6.07) is 42.2. The summed E-state index contributed by atoms with van der Waals surface area (Å²) in [4.78, 5) is 20.8. The molecule has 0 N–H and O–H groups in total. The molecule has 8 bridgehead atoms. The fourth-order valence-electron chi connectivity index (χ4n) is 6.03. The quantitative estimate of drug-likeness (QED) is 0.205. The van der Waals surface area contributed by atoms with Crippen molar-refractivity contribution in [1.82, 2.24) is 19.9 Å². The molecule has 184 valence electrons. The van der Waals surface area contributed by atoms with Crippen LogP contribution in [0.2, 0.25) is 0 Å². The number of hydrogen-bond acceptors (Lipinski definition) is 4. The molecule has 0 atom stereocenters. The van der Waals surface area contributed by atoms with Gasteiger partial charge in [-0.1, -0.05) is 97.1 Å². The van der Waals surface area contributed by atoms with Crippen LogP contribution in [0.5, 0.6) is 0 Å². The molecule has 0 aliphatic carbocycles. The molecule has 0 spiro atoms. The van der Waals surface area contributed by atoms with E-state index in [4.69, 9.17) is 19.9 Å². The van der Waals surface area contributed by atoms with Gasteiger partial charge in [-0.3, -0.25) is 0 Å². The monoisotopic (exact) mass is 508 g/mol. The lowest BCUT2D eigenvalue weighted by atomic mass is 10.0. The largest absolute Gasteiger partial charge is 0.245 e. The Morgan fingerprint density at radius 3 is 0.750 bits per heavy atom. The second-order valence-electron chi connectivity index (χ2n) is 10.3. The number of benzene rings is 4. The topological polar surface area (TPSA) is 51.6 Å². The Balaban J connectivity index is 1.63. The number of para-hydroxylation sites is 4. The van der Waals surface area contributed by atoms with Crippen LogP contribution in [-0.4, -0.2) is 19.9 Å². The number of fused-ring (bicyclic) bond motifs is 8. The highest BCUT2D eigenvalue weighted by Crippen LogP contribution is 2.31. The standard InChI is InChI=1S/C36H20N4/c1-5-21-13-17-29-30-19-15-23-7-3-11-27(35(23)39-30)28-12-4-8-24-16-20-32(40-36(24)28)31-18-14-22-6-2-10-26(34(22)38-31)25(9-1)33(21)37-29/h1-20H. The van der Waals surface area contributed by atoms with Gasteiger partial charge in [-0.25, -0.2) is 19.9 Å². The fourth-order valence-corrected chi connectivity index (χ4v) is 6.03. The summed E-state index contributed by atoms with van der Waals surface area (Å²) in [5.41, 5.74) is 7.12. The first-order valence-electron chi connectivity index (χ1n) is 13.4. The van der Waals surface area contributed by atoms with Gasteiger partial charge in [0.15, 0.2) is 0 Å². The van der Waals surface area contributed by atoms with E-state index in [1.165, 1.54) is 0 Å². The average molecular weight is 509 g/mol. The van der Waals surface area contributed by atoms with Gasteiger partial charge in [0.25, 0.3) is 0 Å². The van der Waals surface area contributed by atoms with Gasteiger partial charge in [0.05, 0.1) is 44.1 Å². The normalized spacial score (nSPS) is 12.0. The van der Waals surface area contributed by atoms with E-state index in [9.17, 15) is 0 Å². The number of aromatic nitrogens is 4. The van der Waals surface area contributed by atoms with Crippen molar-refractivity contribution >= 4 is 87.2 Å². The molecule has 0 aliphatic rings. The van der Waals surface area contributed by atoms with E-state index >= 15 is 0 Å². The summed E-state index contributed by atoms with van der Waals surface area (Å²) < 4.78 is 0. The van der Waals surface area contributed by atoms with E-state index in [-0.39, 0.29) is 0 Å². The van der Waals surface area contributed by atoms with Crippen LogP contribution in [0, 0.1) is 0 Å². The van der Waals surface area contributed by atoms with Crippen LogP contribution in [0.15, 0.2) is 121 Å². The smallest absolute Gasteiger partial charge is 0.0894 e. The van der Waals surface area contributed by atoms with E-state index < -0.39 is 0 Å². The van der Waals surface area contributed by atoms with Gasteiger partial charge in [0.1, 0.15) is 0 Å². The summed E-state index contributed by atoms with van der Waals surface area (Å²) in [5, 5.41) is 8.54. The Bertz CT molecular complexity index is 2190. The lowest BCUT2D eigenvalue weighted by molar-refractivity contribution is 1.45. The molecule has 0 saturated heterocycles. The van der Waals surface area contributed by atoms with Crippen molar-refractivity contribution in [2.45, 2.75) is 0 Å². The molecule has 0 saturated carbocycles. The second-order valence-corrected chi connectivity index (χ2v) is 10.3. The lowest BCUT2D eigenvalue weighted by Gasteiger charge is -2.08. The molecular weight excluding hydrogens is 488 g/mol. The van der Waals surface area contributed by atoms with E-state index in [0.29, 0.717) is 0 Å². The SMILES string of the molecule is c1cc2ccc3nc2c(c1)c1cccc2ccc(nc21)c1ccc2cccc(c4cccc5ccc3nc54)c2n1. The molecule has 0 radical (unpaired) electrons. The maximum absolute atomic E-state index is 5.21. The molecule has 4 heteroatoms. The zero-order chi connectivity index (χ0) is 26.2. The molecule has 0 unspecified atom stereocenters. The third-order valence-electron chi connectivity index (χ3n) is 7.99. The van der Waals surface area contributed by atoms with Crippen molar-refractivity contribution in [3.05, 3.63) is 121 Å². The van der Waals surface area contributed by atoms with E-state index in [1.54, 1.807) is 0 Å². The van der Waals surface area contributed by atoms with Crippen molar-refractivity contribution in [2.24, 2.45) is 0 Å². The number of rotatable bonds is 0. The molecule has 0 fully saturated rings. The van der Waals surface area contributed by atoms with Gasteiger partial charge < -0.3 is 0 Å². The van der Waals surface area contributed by atoms with E-state index in [1.807, 2.05) is 0 Å². The maximum Gasteiger partial charge on any atom is 0.0894 e. The third kappa shape index (κ3) is 3.07. The predicted octanol–water partition coefficient (Wildman–Crippen LogP) is 9.05. The van der Waals surface area contributed by atoms with Gasteiger partial charge in [0, 0.05) is 43.1 Å². The molecule has 40 heavy (non-hydrogen) atoms. The van der Waals surface area contributed by atoms with Crippen LogP contribution < -0.4 is 0 Å². The van der Waals surface area contributed by atoms with Crippen LogP contribution >= 0.6 is 0 Å². The highest BCUT2D eigenvalue weighted by molar-refractivity contribution is 6.15. The Hall–Kier alpha value is -5.48. The number of pyridine rings is 4. The van der Waals surface area contributed by atoms with Crippen LogP contribution in [0.25, 0.3) is 87.2 Å². The molecule has 9 rings (SSSR count). The van der Waals surface area contributed by atoms with Crippen molar-refractivity contribution in [3.8, 4) is 0 Å². The molecule has 4 nitrogen and oxygen atoms in total. The zero-order valence-corrected chi connectivity index (χ0v) is 21.3. The molecule has 5 aromatic heterocycles. The Labute approximate surface area is 228 Å². The Kier molecular flexibility index (Phi) is 4.30. The predicted molar refractivity (Wildman–Crippen MR) is 166 cm³/mol. The second kappa shape index (κ2) is 8.01. The minimum absolute atomic E-state index is 0.843. The first-order valence-corrected chi connectivity index (χ1v) is 13.4. The highest BCUT2D eigenvalue weighted by atomic mass is 14.8. The first-order chi connectivity index (χ1) is 19.8. The Morgan fingerprint density at radius 1 is 0.250 bits per heavy atom. The first kappa shape index (κ1) is 21.5. The van der Waals surface area contributed by atoms with Gasteiger partial charge in [0.2, 0.25) is 0 Å². The molecule has 5 heterocycles. The van der Waals surface area contributed by atoms with Crippen LogP contribution in [-0.2, 0) is 0 Å². The minimum Gasteiger partial charge on any atom is -0.245 e. The molecule has 9 aromatic rings. The average Bonchev–Trinajstić information content (AvgIpc) is 3.02. The van der Waals surface area contributed by atoms with Crippen LogP contribution in [0.1, 0.15) is 0 Å². The summed E-state index contributed by atoms with van der Waals surface area (Å²) in [5.74, 6) is 0. The molecule has 0 aliphatic heterocycles. The number of hydrogen-bond donors (Lipinski definition) is 0. The van der Waals surface area contributed by atoms with Crippen molar-refractivity contribution in [3.63, 3.8) is 0 Å². The van der Waals surface area contributed by atoms with Crippen molar-refractivity contribution in [1.29, 1.82) is 0 Å². The fraction of sp³-hybridized carbons (Fsp3) is 0. The van der Waals surface area contributed by atoms with E-state index in [2.05, 4.69) is 121 Å². The lowest BCUT2D eigenvalue weighted by Crippen LogP contribution is -1.89. The van der Waals surface area contributed by atoms with Gasteiger partial charge >= 0.3 is 0 Å². The van der Waals surface area contributed by atoms with Crippen molar-refractivity contribution in [2.75, 3.05) is 0 Å². The maximum atomic E-state index is 5.21. The summed E-state index contributed by atoms with van der Waals surface area (Å²) in [7, 11) is 0. The summed E-state index contributed by atoms with van der Waals surface area (Å²) >= 11 is 0. The summed E-state index contributed by atoms with van der Waals surface area (Å²) in [6.45, 7) is 0. The third-order valence-corrected chi connectivity index (χ3v) is 7.99.